The average Bonchev–Trinajstić information content (AvgIpc) is 2.34. The lowest BCUT2D eigenvalue weighted by atomic mass is 10.1. The SMILES string of the molecule is CC(O)CCCC/C=C/CCCCCCCCO. The molecule has 0 saturated carbocycles. The van der Waals surface area contributed by atoms with Crippen LogP contribution >= 0.6 is 0 Å². The first-order chi connectivity index (χ1) is 8.77. The average molecular weight is 256 g/mol. The molecule has 0 radical (unpaired) electrons. The van der Waals surface area contributed by atoms with Crippen LogP contribution in [0.5, 0.6) is 0 Å². The van der Waals surface area contributed by atoms with Crippen molar-refractivity contribution in [2.75, 3.05) is 6.61 Å². The van der Waals surface area contributed by atoms with E-state index in [1.165, 1.54) is 44.9 Å². The molecule has 0 fully saturated rings. The Balaban J connectivity index is 3.04. The molecule has 0 spiro atoms. The first-order valence-corrected chi connectivity index (χ1v) is 7.71. The van der Waals surface area contributed by atoms with E-state index in [0.717, 1.165) is 25.7 Å². The van der Waals surface area contributed by atoms with Crippen molar-refractivity contribution in [3.63, 3.8) is 0 Å². The number of rotatable bonds is 13. The smallest absolute Gasteiger partial charge is 0.0512 e. The summed E-state index contributed by atoms with van der Waals surface area (Å²) in [5.74, 6) is 0. The highest BCUT2D eigenvalue weighted by Crippen LogP contribution is 2.08. The lowest BCUT2D eigenvalue weighted by Gasteiger charge is -2.01. The van der Waals surface area contributed by atoms with Crippen LogP contribution in [0, 0.1) is 0 Å². The van der Waals surface area contributed by atoms with E-state index in [4.69, 9.17) is 10.2 Å². The van der Waals surface area contributed by atoms with Crippen molar-refractivity contribution in [1.29, 1.82) is 0 Å². The van der Waals surface area contributed by atoms with E-state index in [1.54, 1.807) is 0 Å². The molecular formula is C16H32O2. The van der Waals surface area contributed by atoms with Gasteiger partial charge in [0, 0.05) is 6.61 Å². The molecule has 0 rings (SSSR count). The number of aliphatic hydroxyl groups excluding tert-OH is 2. The molecule has 0 heterocycles. The Morgan fingerprint density at radius 3 is 1.83 bits per heavy atom. The maximum absolute atomic E-state index is 9.10. The molecule has 0 aliphatic rings. The Morgan fingerprint density at radius 1 is 0.778 bits per heavy atom. The maximum atomic E-state index is 9.10. The molecule has 0 bridgehead atoms. The van der Waals surface area contributed by atoms with Crippen LogP contribution in [-0.4, -0.2) is 22.9 Å². The fraction of sp³-hybridized carbons (Fsp3) is 0.875. The second-order valence-corrected chi connectivity index (χ2v) is 5.24. The summed E-state index contributed by atoms with van der Waals surface area (Å²) in [6.45, 7) is 2.20. The van der Waals surface area contributed by atoms with Gasteiger partial charge in [-0.1, -0.05) is 44.3 Å². The topological polar surface area (TPSA) is 40.5 Å². The minimum absolute atomic E-state index is 0.139. The summed E-state index contributed by atoms with van der Waals surface area (Å²) in [6.07, 6.45) is 17.4. The summed E-state index contributed by atoms with van der Waals surface area (Å²) >= 11 is 0. The number of hydrogen-bond acceptors (Lipinski definition) is 2. The monoisotopic (exact) mass is 256 g/mol. The Labute approximate surface area is 113 Å². The highest BCUT2D eigenvalue weighted by Gasteiger charge is 1.93. The van der Waals surface area contributed by atoms with Gasteiger partial charge in [0.1, 0.15) is 0 Å². The van der Waals surface area contributed by atoms with Gasteiger partial charge in [-0.05, 0) is 45.4 Å². The molecule has 0 saturated heterocycles. The van der Waals surface area contributed by atoms with Gasteiger partial charge in [0.2, 0.25) is 0 Å². The molecule has 0 aromatic heterocycles. The molecule has 1 atom stereocenters. The van der Waals surface area contributed by atoms with Crippen molar-refractivity contribution >= 4 is 0 Å². The Bertz CT molecular complexity index is 176. The van der Waals surface area contributed by atoms with E-state index < -0.39 is 0 Å². The van der Waals surface area contributed by atoms with Gasteiger partial charge in [0.15, 0.2) is 0 Å². The van der Waals surface area contributed by atoms with Crippen LogP contribution in [0.1, 0.15) is 77.6 Å². The molecule has 1 unspecified atom stereocenters. The van der Waals surface area contributed by atoms with E-state index in [9.17, 15) is 0 Å². The summed E-state index contributed by atoms with van der Waals surface area (Å²) in [5.41, 5.74) is 0. The van der Waals surface area contributed by atoms with Gasteiger partial charge in [-0.3, -0.25) is 0 Å². The predicted molar refractivity (Wildman–Crippen MR) is 78.7 cm³/mol. The van der Waals surface area contributed by atoms with E-state index in [1.807, 2.05) is 6.92 Å². The van der Waals surface area contributed by atoms with Gasteiger partial charge in [-0.15, -0.1) is 0 Å². The molecule has 2 heteroatoms. The Hall–Kier alpha value is -0.340. The van der Waals surface area contributed by atoms with Gasteiger partial charge in [-0.25, -0.2) is 0 Å². The van der Waals surface area contributed by atoms with E-state index in [2.05, 4.69) is 12.2 Å². The number of aliphatic hydroxyl groups is 2. The second-order valence-electron chi connectivity index (χ2n) is 5.24. The van der Waals surface area contributed by atoms with E-state index in [0.29, 0.717) is 6.61 Å². The van der Waals surface area contributed by atoms with Gasteiger partial charge in [0.05, 0.1) is 6.10 Å². The molecule has 0 aromatic rings. The van der Waals surface area contributed by atoms with Gasteiger partial charge >= 0.3 is 0 Å². The zero-order valence-electron chi connectivity index (χ0n) is 12.1. The standard InChI is InChI=1S/C16H32O2/c1-16(18)14-12-10-8-6-4-2-3-5-7-9-11-13-15-17/h4,6,16-18H,2-3,5,7-15H2,1H3/b6-4+. The predicted octanol–water partition coefficient (Wildman–Crippen LogP) is 4.21. The van der Waals surface area contributed by atoms with Gasteiger partial charge < -0.3 is 10.2 Å². The molecule has 0 aliphatic heterocycles. The summed E-state index contributed by atoms with van der Waals surface area (Å²) in [7, 11) is 0. The van der Waals surface area contributed by atoms with Crippen LogP contribution in [0.2, 0.25) is 0 Å². The van der Waals surface area contributed by atoms with Crippen molar-refractivity contribution in [3.8, 4) is 0 Å². The molecule has 18 heavy (non-hydrogen) atoms. The fourth-order valence-electron chi connectivity index (χ4n) is 2.02. The van der Waals surface area contributed by atoms with Crippen molar-refractivity contribution < 1.29 is 10.2 Å². The fourth-order valence-corrected chi connectivity index (χ4v) is 2.02. The quantitative estimate of drug-likeness (QED) is 0.383. The normalized spacial score (nSPS) is 13.3. The van der Waals surface area contributed by atoms with Gasteiger partial charge in [0.25, 0.3) is 0 Å². The van der Waals surface area contributed by atoms with Crippen LogP contribution in [0.3, 0.4) is 0 Å². The molecule has 0 amide bonds. The maximum Gasteiger partial charge on any atom is 0.0512 e. The van der Waals surface area contributed by atoms with Gasteiger partial charge in [-0.2, -0.15) is 0 Å². The van der Waals surface area contributed by atoms with Crippen LogP contribution in [-0.2, 0) is 0 Å². The van der Waals surface area contributed by atoms with Crippen LogP contribution < -0.4 is 0 Å². The molecule has 108 valence electrons. The lowest BCUT2D eigenvalue weighted by molar-refractivity contribution is 0.181. The molecular weight excluding hydrogens is 224 g/mol. The zero-order chi connectivity index (χ0) is 13.5. The third kappa shape index (κ3) is 15.7. The van der Waals surface area contributed by atoms with Crippen LogP contribution in [0.4, 0.5) is 0 Å². The van der Waals surface area contributed by atoms with Crippen LogP contribution in [0.25, 0.3) is 0 Å². The summed E-state index contributed by atoms with van der Waals surface area (Å²) in [4.78, 5) is 0. The summed E-state index contributed by atoms with van der Waals surface area (Å²) < 4.78 is 0. The largest absolute Gasteiger partial charge is 0.396 e. The molecule has 2 nitrogen and oxygen atoms in total. The Morgan fingerprint density at radius 2 is 1.28 bits per heavy atom. The molecule has 0 aromatic carbocycles. The second kappa shape index (κ2) is 14.7. The summed E-state index contributed by atoms with van der Waals surface area (Å²) in [5, 5.41) is 17.7. The number of unbranched alkanes of at least 4 members (excludes halogenated alkanes) is 8. The first-order valence-electron chi connectivity index (χ1n) is 7.71. The number of allylic oxidation sites excluding steroid dienone is 2. The van der Waals surface area contributed by atoms with Crippen molar-refractivity contribution in [1.82, 2.24) is 0 Å². The zero-order valence-corrected chi connectivity index (χ0v) is 12.1. The summed E-state index contributed by atoms with van der Waals surface area (Å²) in [6, 6.07) is 0. The lowest BCUT2D eigenvalue weighted by Crippen LogP contribution is -1.97. The number of hydrogen-bond donors (Lipinski definition) is 2. The van der Waals surface area contributed by atoms with Crippen molar-refractivity contribution in [2.24, 2.45) is 0 Å². The first kappa shape index (κ1) is 17.7. The third-order valence-corrected chi connectivity index (χ3v) is 3.19. The van der Waals surface area contributed by atoms with Crippen LogP contribution in [0.15, 0.2) is 12.2 Å². The minimum Gasteiger partial charge on any atom is -0.396 e. The van der Waals surface area contributed by atoms with Crippen molar-refractivity contribution in [3.05, 3.63) is 12.2 Å². The highest BCUT2D eigenvalue weighted by atomic mass is 16.3. The van der Waals surface area contributed by atoms with Crippen molar-refractivity contribution in [2.45, 2.75) is 83.7 Å². The third-order valence-electron chi connectivity index (χ3n) is 3.19. The van der Waals surface area contributed by atoms with E-state index >= 15 is 0 Å². The Kier molecular flexibility index (Phi) is 14.4. The minimum atomic E-state index is -0.139. The van der Waals surface area contributed by atoms with E-state index in [-0.39, 0.29) is 6.10 Å². The molecule has 0 aliphatic carbocycles. The molecule has 2 N–H and O–H groups in total. The highest BCUT2D eigenvalue weighted by molar-refractivity contribution is 4.81.